The van der Waals surface area contributed by atoms with Gasteiger partial charge in [0, 0.05) is 12.8 Å². The van der Waals surface area contributed by atoms with Gasteiger partial charge < -0.3 is 33.3 Å². The van der Waals surface area contributed by atoms with E-state index in [-0.39, 0.29) is 38.6 Å². The maximum absolute atomic E-state index is 12.8. The molecule has 0 aromatic carbocycles. The van der Waals surface area contributed by atoms with Crippen LogP contribution in [0.3, 0.4) is 0 Å². The molecule has 2 unspecified atom stereocenters. The molecule has 0 bridgehead atoms. The van der Waals surface area contributed by atoms with Crippen molar-refractivity contribution in [2.45, 2.75) is 193 Å². The van der Waals surface area contributed by atoms with Crippen molar-refractivity contribution in [1.82, 2.24) is 0 Å². The molecule has 0 saturated heterocycles. The highest BCUT2D eigenvalue weighted by atomic mass is 16.7. The van der Waals surface area contributed by atoms with Gasteiger partial charge in [-0.15, -0.1) is 0 Å². The van der Waals surface area contributed by atoms with Crippen molar-refractivity contribution in [2.75, 3.05) is 47.5 Å². The van der Waals surface area contributed by atoms with Crippen molar-refractivity contribution in [2.24, 2.45) is 0 Å². The Kier molecular flexibility index (Phi) is 48.4. The largest absolute Gasteiger partial charge is 0.545 e. The zero-order chi connectivity index (χ0) is 52.0. The van der Waals surface area contributed by atoms with E-state index in [0.29, 0.717) is 17.4 Å². The van der Waals surface area contributed by atoms with E-state index in [0.717, 1.165) is 122 Å². The molecule has 9 nitrogen and oxygen atoms in total. The Morgan fingerprint density at radius 2 is 0.761 bits per heavy atom. The number of hydrogen-bond acceptors (Lipinski definition) is 8. The minimum absolute atomic E-state index is 0.131. The molecule has 0 aliphatic carbocycles. The molecule has 0 rings (SSSR count). The van der Waals surface area contributed by atoms with E-state index in [9.17, 15) is 19.5 Å². The molecule has 0 aliphatic heterocycles. The molecule has 0 radical (unpaired) electrons. The van der Waals surface area contributed by atoms with Crippen LogP contribution in [0.25, 0.3) is 0 Å². The summed E-state index contributed by atoms with van der Waals surface area (Å²) in [6, 6.07) is 0. The van der Waals surface area contributed by atoms with E-state index < -0.39 is 24.3 Å². The summed E-state index contributed by atoms with van der Waals surface area (Å²) in [5.74, 6) is -2.36. The van der Waals surface area contributed by atoms with Crippen LogP contribution in [0.2, 0.25) is 0 Å². The number of carboxylic acids is 1. The molecule has 71 heavy (non-hydrogen) atoms. The lowest BCUT2D eigenvalue weighted by molar-refractivity contribution is -0.870. The molecule has 0 fully saturated rings. The molecule has 0 amide bonds. The van der Waals surface area contributed by atoms with Crippen LogP contribution in [0.5, 0.6) is 0 Å². The van der Waals surface area contributed by atoms with Gasteiger partial charge in [-0.2, -0.15) is 0 Å². The second-order valence-corrected chi connectivity index (χ2v) is 18.8. The first-order valence-electron chi connectivity index (χ1n) is 27.3. The number of allylic oxidation sites excluding steroid dienone is 22. The highest BCUT2D eigenvalue weighted by molar-refractivity contribution is 5.70. The summed E-state index contributed by atoms with van der Waals surface area (Å²) < 4.78 is 22.6. The summed E-state index contributed by atoms with van der Waals surface area (Å²) in [5.41, 5.74) is 0. The number of carbonyl (C=O) groups is 3. The number of carboxylic acid groups (broad SMARTS) is 1. The topological polar surface area (TPSA) is 111 Å². The van der Waals surface area contributed by atoms with Crippen molar-refractivity contribution >= 4 is 17.9 Å². The summed E-state index contributed by atoms with van der Waals surface area (Å²) >= 11 is 0. The van der Waals surface area contributed by atoms with Gasteiger partial charge in [-0.3, -0.25) is 9.59 Å². The summed E-state index contributed by atoms with van der Waals surface area (Å²) in [6.45, 7) is 4.44. The lowest BCUT2D eigenvalue weighted by Gasteiger charge is -2.26. The van der Waals surface area contributed by atoms with E-state index in [1.165, 1.54) is 25.7 Å². The Balaban J connectivity index is 4.43. The number of esters is 2. The first kappa shape index (κ1) is 66.4. The molecule has 9 heteroatoms. The van der Waals surface area contributed by atoms with Gasteiger partial charge in [0.25, 0.3) is 0 Å². The van der Waals surface area contributed by atoms with Gasteiger partial charge >= 0.3 is 11.9 Å². The molecular weight excluding hydrogens is 887 g/mol. The van der Waals surface area contributed by atoms with E-state index in [4.69, 9.17) is 18.9 Å². The smallest absolute Gasteiger partial charge is 0.306 e. The van der Waals surface area contributed by atoms with Gasteiger partial charge in [0.1, 0.15) is 13.2 Å². The molecule has 2 atom stereocenters. The number of likely N-dealkylation sites (N-methyl/N-ethyl adjacent to an activating group) is 1. The Morgan fingerprint density at radius 3 is 1.14 bits per heavy atom. The SMILES string of the molecule is CC/C=C\C/C=C\C/C=C\C/C=C\C/C=C\C/C=C\C/C=C\CCCCCC(=O)OC(COC(=O)CCCCCCCCCC/C=C\C/C=C\C/C=C\C/C=C\CC)COC(OCC[N+](C)(C)C)C(=O)[O-]. The summed E-state index contributed by atoms with van der Waals surface area (Å²) in [5, 5.41) is 11.8. The fraction of sp³-hybridized carbons (Fsp3) is 0.597. The third kappa shape index (κ3) is 53.1. The fourth-order valence-corrected chi connectivity index (χ4v) is 6.74. The lowest BCUT2D eigenvalue weighted by atomic mass is 10.1. The Bertz CT molecular complexity index is 1620. The molecule has 400 valence electrons. The number of rotatable bonds is 48. The molecular formula is C62H99NO8. The standard InChI is InChI=1S/C62H99NO8/c1-6-8-10-12-14-16-18-20-22-24-26-28-29-30-31-33-35-37-39-41-43-45-47-49-51-53-60(65)71-58(57-70-62(61(66)67)68-55-54-63(3,4)5)56-69-59(64)52-50-48-46-44-42-40-38-36-34-32-27-25-23-21-19-17-15-13-11-9-7-2/h8-11,14-17,20-23,26-28,30-32,35,37,41,43,58,62H,6-7,12-13,18-19,24-25,29,33-34,36,38-40,42,44-57H2,1-5H3/b10-8-,11-9-,16-14-,17-15-,22-20-,23-21-,28-26-,31-30-,32-27-,37-35-,43-41-. The highest BCUT2D eigenvalue weighted by Crippen LogP contribution is 2.13. The second kappa shape index (κ2) is 51.8. The van der Waals surface area contributed by atoms with Crippen LogP contribution in [0.15, 0.2) is 134 Å². The summed E-state index contributed by atoms with van der Waals surface area (Å²) in [6.07, 6.45) is 70.6. The molecule has 0 heterocycles. The Morgan fingerprint density at radius 1 is 0.423 bits per heavy atom. The van der Waals surface area contributed by atoms with Gasteiger partial charge in [-0.05, 0) is 109 Å². The van der Waals surface area contributed by atoms with Crippen molar-refractivity contribution < 1.29 is 42.9 Å². The van der Waals surface area contributed by atoms with Crippen molar-refractivity contribution in [3.05, 3.63) is 134 Å². The van der Waals surface area contributed by atoms with Gasteiger partial charge in [-0.25, -0.2) is 0 Å². The van der Waals surface area contributed by atoms with E-state index >= 15 is 0 Å². The average Bonchev–Trinajstić information content (AvgIpc) is 3.34. The van der Waals surface area contributed by atoms with E-state index in [1.807, 2.05) is 21.1 Å². The maximum Gasteiger partial charge on any atom is 0.306 e. The number of quaternary nitrogens is 1. The average molecular weight is 986 g/mol. The van der Waals surface area contributed by atoms with Crippen LogP contribution >= 0.6 is 0 Å². The highest BCUT2D eigenvalue weighted by Gasteiger charge is 2.21. The Hall–Kier alpha value is -4.57. The number of unbranched alkanes of at least 4 members (excludes halogenated alkanes) is 11. The molecule has 0 aliphatic rings. The third-order valence-electron chi connectivity index (χ3n) is 10.9. The van der Waals surface area contributed by atoms with Crippen LogP contribution in [-0.4, -0.2) is 82.3 Å². The minimum Gasteiger partial charge on any atom is -0.545 e. The number of aliphatic carboxylic acids is 1. The Labute approximate surface area is 433 Å². The number of carbonyl (C=O) groups excluding carboxylic acids is 3. The summed E-state index contributed by atoms with van der Waals surface area (Å²) in [4.78, 5) is 37.2. The maximum atomic E-state index is 12.8. The number of nitrogens with zero attached hydrogens (tertiary/aromatic N) is 1. The molecule has 0 saturated carbocycles. The zero-order valence-corrected chi connectivity index (χ0v) is 45.3. The predicted octanol–water partition coefficient (Wildman–Crippen LogP) is 14.6. The predicted molar refractivity (Wildman–Crippen MR) is 296 cm³/mol. The zero-order valence-electron chi connectivity index (χ0n) is 45.3. The molecule has 0 N–H and O–H groups in total. The van der Waals surface area contributed by atoms with Crippen molar-refractivity contribution in [3.8, 4) is 0 Å². The molecule has 0 aromatic rings. The fourth-order valence-electron chi connectivity index (χ4n) is 6.74. The number of hydrogen-bond donors (Lipinski definition) is 0. The molecule has 0 spiro atoms. The van der Waals surface area contributed by atoms with Crippen LogP contribution in [0.1, 0.15) is 181 Å². The molecule has 0 aromatic heterocycles. The quantitative estimate of drug-likeness (QED) is 0.0195. The monoisotopic (exact) mass is 986 g/mol. The normalized spacial score (nSPS) is 13.9. The van der Waals surface area contributed by atoms with Crippen LogP contribution < -0.4 is 5.11 Å². The second-order valence-electron chi connectivity index (χ2n) is 18.8. The lowest BCUT2D eigenvalue weighted by Crippen LogP contribution is -2.44. The van der Waals surface area contributed by atoms with Crippen LogP contribution in [0, 0.1) is 0 Å². The minimum atomic E-state index is -1.64. The van der Waals surface area contributed by atoms with Crippen LogP contribution in [0.4, 0.5) is 0 Å². The van der Waals surface area contributed by atoms with E-state index in [2.05, 4.69) is 148 Å². The number of ether oxygens (including phenoxy) is 4. The van der Waals surface area contributed by atoms with Gasteiger partial charge in [0.2, 0.25) is 0 Å². The van der Waals surface area contributed by atoms with E-state index in [1.54, 1.807) is 0 Å². The first-order valence-corrected chi connectivity index (χ1v) is 27.3. The van der Waals surface area contributed by atoms with Crippen LogP contribution in [-0.2, 0) is 33.3 Å². The summed E-state index contributed by atoms with van der Waals surface area (Å²) in [7, 11) is 5.89. The van der Waals surface area contributed by atoms with Gasteiger partial charge in [0.15, 0.2) is 12.4 Å². The van der Waals surface area contributed by atoms with Gasteiger partial charge in [0.05, 0.1) is 40.3 Å². The van der Waals surface area contributed by atoms with Crippen molar-refractivity contribution in [1.29, 1.82) is 0 Å². The first-order chi connectivity index (χ1) is 34.6. The van der Waals surface area contributed by atoms with Gasteiger partial charge in [-0.1, -0.05) is 192 Å². The van der Waals surface area contributed by atoms with Crippen molar-refractivity contribution in [3.63, 3.8) is 0 Å². The third-order valence-corrected chi connectivity index (χ3v) is 10.9.